The Hall–Kier alpha value is -1.13. The standard InChI is InChI=1S/C17H27N3O/c1-2-10-21-16-4-3-9-20(13-16)17-8-5-14(12-19-17)11-18-15-6-7-15/h5,8,12,15-16,18H,2-4,6-7,9-11,13H2,1H3. The van der Waals surface area contributed by atoms with Gasteiger partial charge in [-0.2, -0.15) is 0 Å². The third-order valence-corrected chi connectivity index (χ3v) is 4.24. The van der Waals surface area contributed by atoms with Crippen LogP contribution in [0.4, 0.5) is 5.82 Å². The molecular weight excluding hydrogens is 262 g/mol. The van der Waals surface area contributed by atoms with Crippen LogP contribution in [0.3, 0.4) is 0 Å². The summed E-state index contributed by atoms with van der Waals surface area (Å²) in [6.45, 7) is 6.06. The first-order valence-corrected chi connectivity index (χ1v) is 8.40. The van der Waals surface area contributed by atoms with Crippen molar-refractivity contribution in [2.45, 2.75) is 57.7 Å². The van der Waals surface area contributed by atoms with Gasteiger partial charge >= 0.3 is 0 Å². The van der Waals surface area contributed by atoms with Gasteiger partial charge < -0.3 is 15.0 Å². The largest absolute Gasteiger partial charge is 0.376 e. The van der Waals surface area contributed by atoms with E-state index in [9.17, 15) is 0 Å². The zero-order chi connectivity index (χ0) is 14.5. The lowest BCUT2D eigenvalue weighted by atomic mass is 10.1. The van der Waals surface area contributed by atoms with Crippen LogP contribution in [0.2, 0.25) is 0 Å². The van der Waals surface area contributed by atoms with E-state index in [0.717, 1.165) is 44.5 Å². The lowest BCUT2D eigenvalue weighted by Crippen LogP contribution is -2.40. The zero-order valence-corrected chi connectivity index (χ0v) is 13.1. The highest BCUT2D eigenvalue weighted by Crippen LogP contribution is 2.21. The van der Waals surface area contributed by atoms with Crippen molar-refractivity contribution in [1.82, 2.24) is 10.3 Å². The SMILES string of the molecule is CCCOC1CCCN(c2ccc(CNC3CC3)cn2)C1. The number of hydrogen-bond acceptors (Lipinski definition) is 4. The third kappa shape index (κ3) is 4.42. The van der Waals surface area contributed by atoms with E-state index >= 15 is 0 Å². The molecular formula is C17H27N3O. The zero-order valence-electron chi connectivity index (χ0n) is 13.1. The quantitative estimate of drug-likeness (QED) is 0.837. The maximum absolute atomic E-state index is 5.90. The van der Waals surface area contributed by atoms with Gasteiger partial charge in [-0.15, -0.1) is 0 Å². The topological polar surface area (TPSA) is 37.4 Å². The molecule has 0 radical (unpaired) electrons. The first-order valence-electron chi connectivity index (χ1n) is 8.40. The van der Waals surface area contributed by atoms with Crippen molar-refractivity contribution in [1.29, 1.82) is 0 Å². The van der Waals surface area contributed by atoms with E-state index in [-0.39, 0.29) is 0 Å². The van der Waals surface area contributed by atoms with Crippen molar-refractivity contribution in [2.75, 3.05) is 24.6 Å². The van der Waals surface area contributed by atoms with E-state index < -0.39 is 0 Å². The van der Waals surface area contributed by atoms with Crippen LogP contribution in [-0.2, 0) is 11.3 Å². The number of nitrogens with one attached hydrogen (secondary N) is 1. The third-order valence-electron chi connectivity index (χ3n) is 4.24. The Labute approximate surface area is 127 Å². The molecule has 0 bridgehead atoms. The molecule has 1 saturated carbocycles. The minimum Gasteiger partial charge on any atom is -0.376 e. The molecule has 4 heteroatoms. The Morgan fingerprint density at radius 1 is 1.33 bits per heavy atom. The Bertz CT molecular complexity index is 430. The molecule has 1 N–H and O–H groups in total. The minimum atomic E-state index is 0.372. The number of ether oxygens (including phenoxy) is 1. The summed E-state index contributed by atoms with van der Waals surface area (Å²) in [6, 6.07) is 5.11. The summed E-state index contributed by atoms with van der Waals surface area (Å²) < 4.78 is 5.90. The summed E-state index contributed by atoms with van der Waals surface area (Å²) >= 11 is 0. The first-order chi connectivity index (χ1) is 10.3. The summed E-state index contributed by atoms with van der Waals surface area (Å²) in [5, 5.41) is 3.53. The molecule has 2 aliphatic rings. The van der Waals surface area contributed by atoms with Crippen LogP contribution in [0.5, 0.6) is 0 Å². The predicted octanol–water partition coefficient (Wildman–Crippen LogP) is 2.73. The van der Waals surface area contributed by atoms with Gasteiger partial charge in [-0.25, -0.2) is 4.98 Å². The highest BCUT2D eigenvalue weighted by atomic mass is 16.5. The van der Waals surface area contributed by atoms with Gasteiger partial charge in [0.05, 0.1) is 6.10 Å². The number of anilines is 1. The summed E-state index contributed by atoms with van der Waals surface area (Å²) in [5.74, 6) is 1.09. The van der Waals surface area contributed by atoms with Crippen LogP contribution < -0.4 is 10.2 Å². The fourth-order valence-corrected chi connectivity index (χ4v) is 2.82. The second-order valence-electron chi connectivity index (χ2n) is 6.26. The second-order valence-corrected chi connectivity index (χ2v) is 6.26. The maximum Gasteiger partial charge on any atom is 0.128 e. The van der Waals surface area contributed by atoms with E-state index in [1.54, 1.807) is 0 Å². The van der Waals surface area contributed by atoms with Gasteiger partial charge in [-0.3, -0.25) is 0 Å². The van der Waals surface area contributed by atoms with E-state index in [1.165, 1.54) is 31.2 Å². The summed E-state index contributed by atoms with van der Waals surface area (Å²) in [6.07, 6.45) is 8.52. The van der Waals surface area contributed by atoms with Crippen LogP contribution in [0, 0.1) is 0 Å². The molecule has 1 aliphatic heterocycles. The molecule has 1 atom stereocenters. The molecule has 1 aromatic heterocycles. The molecule has 116 valence electrons. The Kier molecular flexibility index (Phi) is 5.09. The summed E-state index contributed by atoms with van der Waals surface area (Å²) in [7, 11) is 0. The van der Waals surface area contributed by atoms with Crippen molar-refractivity contribution in [3.8, 4) is 0 Å². The number of piperidine rings is 1. The smallest absolute Gasteiger partial charge is 0.128 e. The Balaban J connectivity index is 1.52. The summed E-state index contributed by atoms with van der Waals surface area (Å²) in [5.41, 5.74) is 1.28. The van der Waals surface area contributed by atoms with Crippen LogP contribution in [0.1, 0.15) is 44.6 Å². The van der Waals surface area contributed by atoms with E-state index in [0.29, 0.717) is 6.10 Å². The molecule has 2 heterocycles. The number of pyridine rings is 1. The van der Waals surface area contributed by atoms with Gasteiger partial charge in [0.15, 0.2) is 0 Å². The van der Waals surface area contributed by atoms with Gasteiger partial charge in [0.2, 0.25) is 0 Å². The molecule has 0 amide bonds. The summed E-state index contributed by atoms with van der Waals surface area (Å²) in [4.78, 5) is 7.01. The molecule has 0 aromatic carbocycles. The number of aromatic nitrogens is 1. The maximum atomic E-state index is 5.90. The first kappa shape index (κ1) is 14.8. The van der Waals surface area contributed by atoms with Crippen molar-refractivity contribution < 1.29 is 4.74 Å². The molecule has 1 aliphatic carbocycles. The van der Waals surface area contributed by atoms with Crippen LogP contribution in [-0.4, -0.2) is 36.8 Å². The average Bonchev–Trinajstić information content (AvgIpc) is 3.36. The van der Waals surface area contributed by atoms with Crippen molar-refractivity contribution in [2.24, 2.45) is 0 Å². The highest BCUT2D eigenvalue weighted by Gasteiger charge is 2.22. The van der Waals surface area contributed by atoms with E-state index in [4.69, 9.17) is 4.74 Å². The van der Waals surface area contributed by atoms with Crippen LogP contribution in [0.15, 0.2) is 18.3 Å². The fraction of sp³-hybridized carbons (Fsp3) is 0.706. The second kappa shape index (κ2) is 7.23. The fourth-order valence-electron chi connectivity index (χ4n) is 2.82. The Morgan fingerprint density at radius 3 is 2.95 bits per heavy atom. The Morgan fingerprint density at radius 2 is 2.24 bits per heavy atom. The predicted molar refractivity (Wildman–Crippen MR) is 85.6 cm³/mol. The number of rotatable bonds is 7. The monoisotopic (exact) mass is 289 g/mol. The average molecular weight is 289 g/mol. The lowest BCUT2D eigenvalue weighted by molar-refractivity contribution is 0.0439. The van der Waals surface area contributed by atoms with Crippen LogP contribution in [0.25, 0.3) is 0 Å². The van der Waals surface area contributed by atoms with Crippen LogP contribution >= 0.6 is 0 Å². The van der Waals surface area contributed by atoms with Crippen molar-refractivity contribution in [3.05, 3.63) is 23.9 Å². The van der Waals surface area contributed by atoms with Gasteiger partial charge in [0.1, 0.15) is 5.82 Å². The minimum absolute atomic E-state index is 0.372. The van der Waals surface area contributed by atoms with Crippen molar-refractivity contribution in [3.63, 3.8) is 0 Å². The van der Waals surface area contributed by atoms with Gasteiger partial charge in [-0.05, 0) is 43.7 Å². The molecule has 1 unspecified atom stereocenters. The molecule has 21 heavy (non-hydrogen) atoms. The lowest BCUT2D eigenvalue weighted by Gasteiger charge is -2.33. The molecule has 1 aromatic rings. The number of hydrogen-bond donors (Lipinski definition) is 1. The highest BCUT2D eigenvalue weighted by molar-refractivity contribution is 5.40. The van der Waals surface area contributed by atoms with Gasteiger partial charge in [-0.1, -0.05) is 13.0 Å². The number of nitrogens with zero attached hydrogens (tertiary/aromatic N) is 2. The molecule has 4 nitrogen and oxygen atoms in total. The van der Waals surface area contributed by atoms with E-state index in [1.807, 2.05) is 6.20 Å². The van der Waals surface area contributed by atoms with Gasteiger partial charge in [0.25, 0.3) is 0 Å². The molecule has 1 saturated heterocycles. The van der Waals surface area contributed by atoms with Crippen molar-refractivity contribution >= 4 is 5.82 Å². The molecule has 3 rings (SSSR count). The van der Waals surface area contributed by atoms with E-state index in [2.05, 4.69) is 34.3 Å². The molecule has 0 spiro atoms. The molecule has 2 fully saturated rings. The normalized spacial score (nSPS) is 22.5. The van der Waals surface area contributed by atoms with Gasteiger partial charge in [0, 0.05) is 38.5 Å².